The van der Waals surface area contributed by atoms with Crippen molar-refractivity contribution in [3.63, 3.8) is 0 Å². The van der Waals surface area contributed by atoms with E-state index in [9.17, 15) is 8.42 Å². The molecule has 0 amide bonds. The Bertz CT molecular complexity index is 717. The lowest BCUT2D eigenvalue weighted by molar-refractivity contribution is 0.342. The van der Waals surface area contributed by atoms with Crippen LogP contribution in [0.15, 0.2) is 53.4 Å². The first-order valence-corrected chi connectivity index (χ1v) is 7.87. The lowest BCUT2D eigenvalue weighted by Crippen LogP contribution is -2.18. The maximum absolute atomic E-state index is 12.5. The third-order valence-corrected chi connectivity index (χ3v) is 4.19. The van der Waals surface area contributed by atoms with Gasteiger partial charge in [0.15, 0.2) is 0 Å². The molecule has 0 radical (unpaired) electrons. The van der Waals surface area contributed by atoms with Gasteiger partial charge in [-0.2, -0.15) is 0 Å². The van der Waals surface area contributed by atoms with Crippen LogP contribution in [0.1, 0.15) is 6.92 Å². The molecule has 2 rings (SSSR count). The van der Waals surface area contributed by atoms with E-state index in [0.29, 0.717) is 23.7 Å². The summed E-state index contributed by atoms with van der Waals surface area (Å²) in [5, 5.41) is 0. The fourth-order valence-electron chi connectivity index (χ4n) is 1.85. The molecule has 0 saturated carbocycles. The fraction of sp³-hybridized carbons (Fsp3) is 0.143. The number of anilines is 2. The average molecular weight is 307 g/mol. The highest BCUT2D eigenvalue weighted by Crippen LogP contribution is 2.28. The summed E-state index contributed by atoms with van der Waals surface area (Å²) in [4.78, 5) is 0.0683. The van der Waals surface area contributed by atoms with Crippen molar-refractivity contribution in [1.82, 2.24) is 0 Å². The van der Waals surface area contributed by atoms with Crippen LogP contribution in [-0.4, -0.2) is 15.0 Å². The summed E-state index contributed by atoms with van der Waals surface area (Å²) in [6.45, 7) is 2.28. The van der Waals surface area contributed by atoms with E-state index in [-0.39, 0.29) is 4.90 Å². The van der Waals surface area contributed by atoms with Crippen LogP contribution in [0.5, 0.6) is 5.75 Å². The minimum absolute atomic E-state index is 0.0683. The Labute approximate surface area is 124 Å². The van der Waals surface area contributed by atoms with Crippen molar-refractivity contribution in [2.75, 3.05) is 16.8 Å². The van der Waals surface area contributed by atoms with Crippen molar-refractivity contribution >= 4 is 21.4 Å². The lowest BCUT2D eigenvalue weighted by atomic mass is 10.3. The summed E-state index contributed by atoms with van der Waals surface area (Å²) in [7, 11) is -3.77. The number of hydrogen-bond acceptors (Lipinski definition) is 5. The number of nitrogens with one attached hydrogen (secondary N) is 2. The predicted octanol–water partition coefficient (Wildman–Crippen LogP) is 2.17. The standard InChI is InChI=1S/C14H17N3O3S/c1-2-20-13-9-5-3-7-11(13)17-21(18,19)14-10-6-4-8-12(14)16-15/h3-10,16-17H,2,15H2,1H3. The largest absolute Gasteiger partial charge is 0.492 e. The highest BCUT2D eigenvalue weighted by atomic mass is 32.2. The molecule has 0 saturated heterocycles. The van der Waals surface area contributed by atoms with Gasteiger partial charge in [-0.3, -0.25) is 10.6 Å². The number of ether oxygens (including phenoxy) is 1. The highest BCUT2D eigenvalue weighted by molar-refractivity contribution is 7.92. The SMILES string of the molecule is CCOc1ccccc1NS(=O)(=O)c1ccccc1NN. The van der Waals surface area contributed by atoms with Gasteiger partial charge in [0.2, 0.25) is 0 Å². The van der Waals surface area contributed by atoms with Crippen LogP contribution in [-0.2, 0) is 10.0 Å². The minimum atomic E-state index is -3.77. The Morgan fingerprint density at radius 1 is 1.05 bits per heavy atom. The van der Waals surface area contributed by atoms with E-state index in [1.165, 1.54) is 6.07 Å². The Morgan fingerprint density at radius 3 is 2.33 bits per heavy atom. The van der Waals surface area contributed by atoms with Crippen LogP contribution in [0.3, 0.4) is 0 Å². The number of nitrogen functional groups attached to an aromatic ring is 1. The predicted molar refractivity (Wildman–Crippen MR) is 82.7 cm³/mol. The van der Waals surface area contributed by atoms with E-state index >= 15 is 0 Å². The molecule has 0 aliphatic heterocycles. The van der Waals surface area contributed by atoms with Gasteiger partial charge in [-0.1, -0.05) is 24.3 Å². The summed E-state index contributed by atoms with van der Waals surface area (Å²) >= 11 is 0. The van der Waals surface area contributed by atoms with Crippen molar-refractivity contribution in [2.45, 2.75) is 11.8 Å². The molecular formula is C14H17N3O3S. The van der Waals surface area contributed by atoms with Crippen LogP contribution in [0.4, 0.5) is 11.4 Å². The molecule has 0 spiro atoms. The number of para-hydroxylation sites is 3. The van der Waals surface area contributed by atoms with Gasteiger partial charge in [-0.15, -0.1) is 0 Å². The van der Waals surface area contributed by atoms with Gasteiger partial charge in [0.05, 0.1) is 18.0 Å². The lowest BCUT2D eigenvalue weighted by Gasteiger charge is -2.14. The molecule has 0 fully saturated rings. The number of sulfonamides is 1. The van der Waals surface area contributed by atoms with E-state index in [0.717, 1.165) is 0 Å². The molecule has 0 atom stereocenters. The Morgan fingerprint density at radius 2 is 1.67 bits per heavy atom. The van der Waals surface area contributed by atoms with Gasteiger partial charge < -0.3 is 10.2 Å². The van der Waals surface area contributed by atoms with Crippen molar-refractivity contribution in [2.24, 2.45) is 5.84 Å². The zero-order valence-electron chi connectivity index (χ0n) is 11.5. The number of hydrogen-bond donors (Lipinski definition) is 3. The maximum atomic E-state index is 12.5. The number of hydrazine groups is 1. The second-order valence-electron chi connectivity index (χ2n) is 4.18. The molecular weight excluding hydrogens is 290 g/mol. The third-order valence-electron chi connectivity index (χ3n) is 2.76. The van der Waals surface area contributed by atoms with Crippen LogP contribution >= 0.6 is 0 Å². The van der Waals surface area contributed by atoms with Gasteiger partial charge in [0, 0.05) is 0 Å². The first kappa shape index (κ1) is 15.1. The van der Waals surface area contributed by atoms with E-state index < -0.39 is 10.0 Å². The van der Waals surface area contributed by atoms with Crippen molar-refractivity contribution in [1.29, 1.82) is 0 Å². The smallest absolute Gasteiger partial charge is 0.264 e. The molecule has 2 aromatic rings. The molecule has 112 valence electrons. The summed E-state index contributed by atoms with van der Waals surface area (Å²) in [6.07, 6.45) is 0. The number of benzene rings is 2. The minimum Gasteiger partial charge on any atom is -0.492 e. The Hall–Kier alpha value is -2.25. The van der Waals surface area contributed by atoms with E-state index in [2.05, 4.69) is 10.1 Å². The molecule has 0 heterocycles. The van der Waals surface area contributed by atoms with E-state index in [1.807, 2.05) is 6.92 Å². The van der Waals surface area contributed by atoms with E-state index in [4.69, 9.17) is 10.6 Å². The van der Waals surface area contributed by atoms with Crippen molar-refractivity contribution in [3.8, 4) is 5.75 Å². The van der Waals surface area contributed by atoms with Crippen LogP contribution in [0, 0.1) is 0 Å². The normalized spacial score (nSPS) is 11.0. The van der Waals surface area contributed by atoms with Crippen LogP contribution in [0.25, 0.3) is 0 Å². The van der Waals surface area contributed by atoms with Crippen LogP contribution in [0.2, 0.25) is 0 Å². The number of rotatable bonds is 6. The van der Waals surface area contributed by atoms with Gasteiger partial charge in [-0.25, -0.2) is 8.42 Å². The van der Waals surface area contributed by atoms with E-state index in [1.54, 1.807) is 42.5 Å². The molecule has 7 heteroatoms. The highest BCUT2D eigenvalue weighted by Gasteiger charge is 2.19. The van der Waals surface area contributed by atoms with Gasteiger partial charge in [0.1, 0.15) is 10.6 Å². The molecule has 6 nitrogen and oxygen atoms in total. The number of nitrogens with two attached hydrogens (primary N) is 1. The molecule has 4 N–H and O–H groups in total. The summed E-state index contributed by atoms with van der Waals surface area (Å²) < 4.78 is 32.9. The summed E-state index contributed by atoms with van der Waals surface area (Å²) in [5.74, 6) is 5.83. The molecule has 0 bridgehead atoms. The fourth-order valence-corrected chi connectivity index (χ4v) is 3.09. The Balaban J connectivity index is 2.38. The molecule has 2 aromatic carbocycles. The topological polar surface area (TPSA) is 93.4 Å². The van der Waals surface area contributed by atoms with Crippen molar-refractivity contribution < 1.29 is 13.2 Å². The second kappa shape index (κ2) is 6.47. The molecule has 0 aliphatic rings. The van der Waals surface area contributed by atoms with Gasteiger partial charge in [-0.05, 0) is 31.2 Å². The van der Waals surface area contributed by atoms with Crippen LogP contribution < -0.4 is 20.7 Å². The molecule has 0 aliphatic carbocycles. The molecule has 21 heavy (non-hydrogen) atoms. The zero-order valence-corrected chi connectivity index (χ0v) is 12.4. The maximum Gasteiger partial charge on any atom is 0.264 e. The first-order valence-electron chi connectivity index (χ1n) is 6.38. The first-order chi connectivity index (χ1) is 10.1. The van der Waals surface area contributed by atoms with Gasteiger partial charge >= 0.3 is 0 Å². The zero-order chi connectivity index (χ0) is 15.3. The third kappa shape index (κ3) is 3.45. The van der Waals surface area contributed by atoms with Crippen molar-refractivity contribution in [3.05, 3.63) is 48.5 Å². The molecule has 0 unspecified atom stereocenters. The quantitative estimate of drug-likeness (QED) is 0.562. The average Bonchev–Trinajstić information content (AvgIpc) is 2.49. The summed E-state index contributed by atoms with van der Waals surface area (Å²) in [5.41, 5.74) is 3.08. The second-order valence-corrected chi connectivity index (χ2v) is 5.83. The summed E-state index contributed by atoms with van der Waals surface area (Å²) in [6, 6.07) is 13.2. The van der Waals surface area contributed by atoms with Gasteiger partial charge in [0.25, 0.3) is 10.0 Å². The monoisotopic (exact) mass is 307 g/mol. The Kier molecular flexibility index (Phi) is 4.66. The molecule has 0 aromatic heterocycles.